The summed E-state index contributed by atoms with van der Waals surface area (Å²) in [5, 5.41) is 7.11. The van der Waals surface area contributed by atoms with Crippen LogP contribution in [-0.4, -0.2) is 44.5 Å². The van der Waals surface area contributed by atoms with Crippen molar-refractivity contribution >= 4 is 5.82 Å². The number of halogens is 5. The normalized spacial score (nSPS) is 17.7. The van der Waals surface area contributed by atoms with E-state index in [1.54, 1.807) is 19.2 Å². The predicted molar refractivity (Wildman–Crippen MR) is 86.3 cm³/mol. The third-order valence-corrected chi connectivity index (χ3v) is 4.07. The molecule has 0 amide bonds. The van der Waals surface area contributed by atoms with Gasteiger partial charge in [-0.15, -0.1) is 0 Å². The van der Waals surface area contributed by atoms with Gasteiger partial charge >= 0.3 is 6.18 Å². The molecule has 0 spiro atoms. The smallest absolute Gasteiger partial charge is 0.422 e. The molecule has 1 aliphatic rings. The quantitative estimate of drug-likeness (QED) is 0.784. The number of hydrogen-bond acceptors (Lipinski definition) is 5. The fourth-order valence-corrected chi connectivity index (χ4v) is 2.74. The Hall–Kier alpha value is -2.46. The lowest BCUT2D eigenvalue weighted by molar-refractivity contribution is -0.154. The monoisotopic (exact) mass is 391 g/mol. The van der Waals surface area contributed by atoms with Gasteiger partial charge in [0.1, 0.15) is 5.82 Å². The van der Waals surface area contributed by atoms with Crippen molar-refractivity contribution in [1.82, 2.24) is 19.7 Å². The molecule has 148 valence electrons. The topological polar surface area (TPSA) is 64.9 Å². The lowest BCUT2D eigenvalue weighted by atomic mass is 9.92. The van der Waals surface area contributed by atoms with E-state index in [9.17, 15) is 22.0 Å². The van der Waals surface area contributed by atoms with Gasteiger partial charge in [0.2, 0.25) is 11.8 Å². The highest BCUT2D eigenvalue weighted by Gasteiger charge is 2.35. The molecule has 2 aromatic heterocycles. The maximum Gasteiger partial charge on any atom is 0.422 e. The number of ether oxygens (including phenoxy) is 1. The molecule has 0 radical (unpaired) electrons. The average Bonchev–Trinajstić information content (AvgIpc) is 3.01. The van der Waals surface area contributed by atoms with Gasteiger partial charge in [0, 0.05) is 31.1 Å². The zero-order valence-corrected chi connectivity index (χ0v) is 14.4. The number of aryl methyl sites for hydroxylation is 1. The summed E-state index contributed by atoms with van der Waals surface area (Å²) < 4.78 is 69.9. The molecular formula is C16H18F5N5O. The Bertz CT molecular complexity index is 782. The van der Waals surface area contributed by atoms with Crippen LogP contribution in [0.1, 0.15) is 31.4 Å². The zero-order valence-electron chi connectivity index (χ0n) is 14.4. The van der Waals surface area contributed by atoms with Crippen LogP contribution in [0.15, 0.2) is 18.3 Å². The van der Waals surface area contributed by atoms with Crippen LogP contribution >= 0.6 is 0 Å². The van der Waals surface area contributed by atoms with Crippen molar-refractivity contribution in [2.24, 2.45) is 0 Å². The number of aromatic nitrogens is 4. The van der Waals surface area contributed by atoms with E-state index >= 15 is 0 Å². The van der Waals surface area contributed by atoms with E-state index in [2.05, 4.69) is 20.4 Å². The highest BCUT2D eigenvalue weighted by molar-refractivity contribution is 5.42. The molecule has 0 aromatic carbocycles. The van der Waals surface area contributed by atoms with Gasteiger partial charge in [-0.05, 0) is 25.8 Å². The van der Waals surface area contributed by atoms with Crippen LogP contribution in [0, 0.1) is 6.92 Å². The van der Waals surface area contributed by atoms with Crippen LogP contribution in [0.3, 0.4) is 0 Å². The van der Waals surface area contributed by atoms with Crippen molar-refractivity contribution in [2.45, 2.75) is 50.7 Å². The Kier molecular flexibility index (Phi) is 5.20. The molecule has 0 aliphatic heterocycles. The van der Waals surface area contributed by atoms with Crippen LogP contribution < -0.4 is 10.1 Å². The fraction of sp³-hybridized carbons (Fsp3) is 0.562. The maximum absolute atomic E-state index is 13.3. The van der Waals surface area contributed by atoms with Crippen LogP contribution in [0.4, 0.5) is 27.8 Å². The fourth-order valence-electron chi connectivity index (χ4n) is 2.74. The second-order valence-electron chi connectivity index (χ2n) is 6.47. The third kappa shape index (κ3) is 5.51. The molecule has 6 nitrogen and oxygen atoms in total. The molecule has 27 heavy (non-hydrogen) atoms. The molecular weight excluding hydrogens is 373 g/mol. The van der Waals surface area contributed by atoms with Crippen molar-refractivity contribution in [3.8, 4) is 11.8 Å². The summed E-state index contributed by atoms with van der Waals surface area (Å²) in [5.41, 5.74) is 0.671. The molecule has 3 rings (SSSR count). The van der Waals surface area contributed by atoms with Crippen LogP contribution in [0.2, 0.25) is 0 Å². The molecule has 2 heterocycles. The number of nitrogens with zero attached hydrogens (tertiary/aromatic N) is 4. The van der Waals surface area contributed by atoms with E-state index < -0.39 is 18.7 Å². The zero-order chi connectivity index (χ0) is 19.7. The van der Waals surface area contributed by atoms with Crippen molar-refractivity contribution < 1.29 is 26.7 Å². The number of nitrogens with one attached hydrogen (secondary N) is 1. The summed E-state index contributed by atoms with van der Waals surface area (Å²) in [6.45, 7) is 0.235. The first-order valence-electron chi connectivity index (χ1n) is 8.35. The molecule has 11 heteroatoms. The Morgan fingerprint density at radius 3 is 2.56 bits per heavy atom. The molecule has 1 aliphatic carbocycles. The minimum absolute atomic E-state index is 0.0198. The van der Waals surface area contributed by atoms with Gasteiger partial charge in [-0.25, -0.2) is 13.5 Å². The number of hydrogen-bond donors (Lipinski definition) is 1. The lowest BCUT2D eigenvalue weighted by Gasteiger charge is -2.29. The van der Waals surface area contributed by atoms with Crippen molar-refractivity contribution in [1.29, 1.82) is 0 Å². The summed E-state index contributed by atoms with van der Waals surface area (Å²) in [6.07, 6.45) is -3.01. The first kappa shape index (κ1) is 19.3. The van der Waals surface area contributed by atoms with Crippen molar-refractivity contribution in [2.75, 3.05) is 11.9 Å². The van der Waals surface area contributed by atoms with E-state index in [0.29, 0.717) is 5.69 Å². The minimum Gasteiger partial charge on any atom is -0.468 e. The summed E-state index contributed by atoms with van der Waals surface area (Å²) >= 11 is 0. The highest BCUT2D eigenvalue weighted by Crippen LogP contribution is 2.34. The molecule has 1 fully saturated rings. The summed E-state index contributed by atoms with van der Waals surface area (Å²) in [7, 11) is 0. The molecule has 0 saturated heterocycles. The number of rotatable bonds is 5. The Balaban J connectivity index is 1.81. The van der Waals surface area contributed by atoms with Gasteiger partial charge in [0.15, 0.2) is 6.61 Å². The second-order valence-corrected chi connectivity index (χ2v) is 6.47. The van der Waals surface area contributed by atoms with E-state index in [1.807, 2.05) is 0 Å². The Morgan fingerprint density at radius 2 is 1.96 bits per heavy atom. The van der Waals surface area contributed by atoms with Gasteiger partial charge < -0.3 is 10.1 Å². The second kappa shape index (κ2) is 7.28. The molecule has 2 aromatic rings. The van der Waals surface area contributed by atoms with Gasteiger partial charge in [-0.1, -0.05) is 0 Å². The largest absolute Gasteiger partial charge is 0.468 e. The van der Waals surface area contributed by atoms with Gasteiger partial charge in [0.05, 0.1) is 5.69 Å². The molecule has 0 atom stereocenters. The lowest BCUT2D eigenvalue weighted by Crippen LogP contribution is -2.32. The Morgan fingerprint density at radius 1 is 1.26 bits per heavy atom. The summed E-state index contributed by atoms with van der Waals surface area (Å²) in [5.74, 6) is -2.75. The average molecular weight is 391 g/mol. The minimum atomic E-state index is -4.52. The summed E-state index contributed by atoms with van der Waals surface area (Å²) in [6, 6.07) is 2.64. The van der Waals surface area contributed by atoms with E-state index in [0.717, 1.165) is 0 Å². The SMILES string of the molecule is Cc1ccn(-c2nc(NC3CCC(F)(F)CC3)cc(OCC(F)(F)F)n2)n1. The van der Waals surface area contributed by atoms with Crippen molar-refractivity contribution in [3.63, 3.8) is 0 Å². The van der Waals surface area contributed by atoms with Crippen LogP contribution in [0.25, 0.3) is 5.95 Å². The predicted octanol–water partition coefficient (Wildman–Crippen LogP) is 3.90. The van der Waals surface area contributed by atoms with Gasteiger partial charge in [-0.2, -0.15) is 28.2 Å². The van der Waals surface area contributed by atoms with Crippen molar-refractivity contribution in [3.05, 3.63) is 24.0 Å². The van der Waals surface area contributed by atoms with Gasteiger partial charge in [-0.3, -0.25) is 0 Å². The first-order chi connectivity index (χ1) is 12.6. The van der Waals surface area contributed by atoms with Crippen LogP contribution in [0.5, 0.6) is 5.88 Å². The molecule has 1 saturated carbocycles. The third-order valence-electron chi connectivity index (χ3n) is 4.07. The molecule has 0 bridgehead atoms. The summed E-state index contributed by atoms with van der Waals surface area (Å²) in [4.78, 5) is 8.16. The van der Waals surface area contributed by atoms with Crippen LogP contribution in [-0.2, 0) is 0 Å². The van der Waals surface area contributed by atoms with E-state index in [1.165, 1.54) is 10.7 Å². The Labute approximate surface area is 151 Å². The first-order valence-corrected chi connectivity index (χ1v) is 8.35. The maximum atomic E-state index is 13.3. The number of alkyl halides is 5. The van der Waals surface area contributed by atoms with E-state index in [4.69, 9.17) is 4.74 Å². The molecule has 1 N–H and O–H groups in total. The highest BCUT2D eigenvalue weighted by atomic mass is 19.4. The molecule has 0 unspecified atom stereocenters. The standard InChI is InChI=1S/C16H18F5N5O/c1-10-4-7-26(25-10)14-23-12(8-13(24-14)27-9-16(19,20)21)22-11-2-5-15(17,18)6-3-11/h4,7-8,11H,2-3,5-6,9H2,1H3,(H,22,23,24). The van der Waals surface area contributed by atoms with Gasteiger partial charge in [0.25, 0.3) is 5.95 Å². The van der Waals surface area contributed by atoms with E-state index in [-0.39, 0.29) is 49.4 Å². The number of anilines is 1.